The van der Waals surface area contributed by atoms with E-state index < -0.39 is 18.2 Å². The molecule has 0 aliphatic heterocycles. The van der Waals surface area contributed by atoms with E-state index >= 15 is 0 Å². The summed E-state index contributed by atoms with van der Waals surface area (Å²) in [5.41, 5.74) is -0.396. The van der Waals surface area contributed by atoms with Crippen LogP contribution >= 0.6 is 11.3 Å². The molecule has 0 fully saturated rings. The van der Waals surface area contributed by atoms with Gasteiger partial charge in [0.1, 0.15) is 10.7 Å². The zero-order valence-electron chi connectivity index (χ0n) is 8.18. The number of alkyl halides is 3. The fourth-order valence-corrected chi connectivity index (χ4v) is 2.48. The van der Waals surface area contributed by atoms with Crippen molar-refractivity contribution in [1.82, 2.24) is 9.97 Å². The molecule has 86 valence electrons. The van der Waals surface area contributed by atoms with Crippen molar-refractivity contribution in [2.75, 3.05) is 0 Å². The van der Waals surface area contributed by atoms with Crippen molar-refractivity contribution < 1.29 is 13.2 Å². The van der Waals surface area contributed by atoms with E-state index in [0.717, 1.165) is 11.3 Å². The summed E-state index contributed by atoms with van der Waals surface area (Å²) in [6.45, 7) is 1.59. The predicted octanol–water partition coefficient (Wildman–Crippen LogP) is 2.40. The third-order valence-electron chi connectivity index (χ3n) is 1.95. The van der Waals surface area contributed by atoms with Gasteiger partial charge >= 0.3 is 6.18 Å². The number of thiophene rings is 1. The van der Waals surface area contributed by atoms with Gasteiger partial charge in [0.05, 0.1) is 11.8 Å². The number of nitrogens with zero attached hydrogens (tertiary/aromatic N) is 1. The van der Waals surface area contributed by atoms with Gasteiger partial charge in [0.2, 0.25) is 0 Å². The fraction of sp³-hybridized carbons (Fsp3) is 0.333. The van der Waals surface area contributed by atoms with Crippen LogP contribution in [0.4, 0.5) is 13.2 Å². The third kappa shape index (κ3) is 2.24. The average molecular weight is 248 g/mol. The van der Waals surface area contributed by atoms with Crippen molar-refractivity contribution in [1.29, 1.82) is 0 Å². The van der Waals surface area contributed by atoms with Crippen LogP contribution in [0.3, 0.4) is 0 Å². The van der Waals surface area contributed by atoms with Crippen LogP contribution in [-0.4, -0.2) is 16.1 Å². The zero-order chi connectivity index (χ0) is 11.9. The number of rotatable bonds is 1. The van der Waals surface area contributed by atoms with Gasteiger partial charge in [0, 0.05) is 4.88 Å². The first kappa shape index (κ1) is 11.1. The molecule has 0 bridgehead atoms. The zero-order valence-corrected chi connectivity index (χ0v) is 9.00. The smallest absolute Gasteiger partial charge is 0.310 e. The van der Waals surface area contributed by atoms with Crippen molar-refractivity contribution in [2.45, 2.75) is 19.5 Å². The van der Waals surface area contributed by atoms with Crippen molar-refractivity contribution in [2.24, 2.45) is 0 Å². The van der Waals surface area contributed by atoms with Crippen molar-refractivity contribution in [3.8, 4) is 0 Å². The van der Waals surface area contributed by atoms with Crippen LogP contribution in [0.5, 0.6) is 0 Å². The first-order valence-corrected chi connectivity index (χ1v) is 5.23. The molecule has 2 rings (SSSR count). The van der Waals surface area contributed by atoms with Gasteiger partial charge in [-0.25, -0.2) is 4.98 Å². The Morgan fingerprint density at radius 1 is 1.50 bits per heavy atom. The summed E-state index contributed by atoms with van der Waals surface area (Å²) >= 11 is 0.901. The molecule has 0 amide bonds. The van der Waals surface area contributed by atoms with Gasteiger partial charge in [-0.3, -0.25) is 4.79 Å². The molecule has 2 aromatic rings. The van der Waals surface area contributed by atoms with Gasteiger partial charge < -0.3 is 4.98 Å². The van der Waals surface area contributed by atoms with Gasteiger partial charge in [0.15, 0.2) is 0 Å². The number of hydrogen-bond donors (Lipinski definition) is 1. The highest BCUT2D eigenvalue weighted by Crippen LogP contribution is 2.28. The number of H-pyrrole nitrogens is 1. The quantitative estimate of drug-likeness (QED) is 0.842. The number of hydrogen-bond acceptors (Lipinski definition) is 3. The van der Waals surface area contributed by atoms with E-state index in [4.69, 9.17) is 0 Å². The Balaban J connectivity index is 2.52. The van der Waals surface area contributed by atoms with Crippen LogP contribution in [-0.2, 0) is 6.42 Å². The molecule has 0 aliphatic carbocycles. The molecule has 3 nitrogen and oxygen atoms in total. The van der Waals surface area contributed by atoms with E-state index in [9.17, 15) is 18.0 Å². The molecular formula is C9H7F3N2OS. The fourth-order valence-electron chi connectivity index (χ4n) is 1.37. The van der Waals surface area contributed by atoms with Crippen molar-refractivity contribution in [3.05, 3.63) is 27.1 Å². The lowest BCUT2D eigenvalue weighted by Crippen LogP contribution is -2.10. The molecule has 0 saturated carbocycles. The number of aryl methyl sites for hydroxylation is 1. The molecule has 2 aromatic heterocycles. The third-order valence-corrected chi connectivity index (χ3v) is 2.98. The molecule has 2 heterocycles. The van der Waals surface area contributed by atoms with Gasteiger partial charge in [-0.15, -0.1) is 11.3 Å². The molecule has 0 aromatic carbocycles. The van der Waals surface area contributed by atoms with Crippen LogP contribution < -0.4 is 5.56 Å². The van der Waals surface area contributed by atoms with E-state index in [1.807, 2.05) is 0 Å². The topological polar surface area (TPSA) is 45.8 Å². The predicted molar refractivity (Wildman–Crippen MR) is 54.7 cm³/mol. The Hall–Kier alpha value is -1.37. The molecule has 1 N–H and O–H groups in total. The van der Waals surface area contributed by atoms with Crippen LogP contribution in [0.1, 0.15) is 10.7 Å². The molecule has 7 heteroatoms. The second kappa shape index (κ2) is 3.58. The Morgan fingerprint density at radius 2 is 2.19 bits per heavy atom. The summed E-state index contributed by atoms with van der Waals surface area (Å²) in [6.07, 6.45) is -5.28. The first-order chi connectivity index (χ1) is 7.35. The highest BCUT2D eigenvalue weighted by atomic mass is 32.1. The molecule has 16 heavy (non-hydrogen) atoms. The summed E-state index contributed by atoms with van der Waals surface area (Å²) < 4.78 is 36.4. The summed E-state index contributed by atoms with van der Waals surface area (Å²) in [5, 5.41) is 0.217. The number of fused-ring (bicyclic) bond motifs is 1. The van der Waals surface area contributed by atoms with Crippen LogP contribution in [0, 0.1) is 6.92 Å². The molecule has 0 aliphatic rings. The van der Waals surface area contributed by atoms with Crippen molar-refractivity contribution >= 4 is 21.6 Å². The molecule has 0 atom stereocenters. The SMILES string of the molecule is Cc1nc2sc(CC(F)(F)F)cc2c(=O)[nH]1. The van der Waals surface area contributed by atoms with E-state index in [-0.39, 0.29) is 10.3 Å². The molecule has 0 spiro atoms. The Kier molecular flexibility index (Phi) is 2.49. The second-order valence-electron chi connectivity index (χ2n) is 3.37. The van der Waals surface area contributed by atoms with E-state index in [0.29, 0.717) is 10.7 Å². The van der Waals surface area contributed by atoms with E-state index in [1.54, 1.807) is 6.92 Å². The van der Waals surface area contributed by atoms with Crippen LogP contribution in [0.25, 0.3) is 10.2 Å². The average Bonchev–Trinajstić information content (AvgIpc) is 2.43. The molecule has 0 unspecified atom stereocenters. The summed E-state index contributed by atoms with van der Waals surface area (Å²) in [6, 6.07) is 1.25. The molecule has 0 saturated heterocycles. The monoisotopic (exact) mass is 248 g/mol. The maximum absolute atomic E-state index is 12.1. The number of nitrogens with one attached hydrogen (secondary N) is 1. The minimum absolute atomic E-state index is 0.103. The maximum atomic E-state index is 12.1. The largest absolute Gasteiger partial charge is 0.393 e. The highest BCUT2D eigenvalue weighted by molar-refractivity contribution is 7.18. The number of halogens is 3. The Morgan fingerprint density at radius 3 is 2.81 bits per heavy atom. The summed E-state index contributed by atoms with van der Waals surface area (Å²) in [4.78, 5) is 18.3. The number of aromatic nitrogens is 2. The highest BCUT2D eigenvalue weighted by Gasteiger charge is 2.28. The summed E-state index contributed by atoms with van der Waals surface area (Å²) in [7, 11) is 0. The summed E-state index contributed by atoms with van der Waals surface area (Å²) in [5.74, 6) is 0.401. The van der Waals surface area contributed by atoms with Crippen LogP contribution in [0.15, 0.2) is 10.9 Å². The van der Waals surface area contributed by atoms with Gasteiger partial charge in [-0.1, -0.05) is 0 Å². The van der Waals surface area contributed by atoms with Gasteiger partial charge in [0.25, 0.3) is 5.56 Å². The Labute approximate surface area is 91.9 Å². The lowest BCUT2D eigenvalue weighted by atomic mass is 10.3. The van der Waals surface area contributed by atoms with E-state index in [2.05, 4.69) is 9.97 Å². The van der Waals surface area contributed by atoms with Gasteiger partial charge in [-0.2, -0.15) is 13.2 Å². The van der Waals surface area contributed by atoms with Crippen LogP contribution in [0.2, 0.25) is 0 Å². The molecule has 0 radical (unpaired) electrons. The number of aromatic amines is 1. The normalized spacial score (nSPS) is 12.2. The molecular weight excluding hydrogens is 241 g/mol. The minimum Gasteiger partial charge on any atom is -0.310 e. The van der Waals surface area contributed by atoms with E-state index in [1.165, 1.54) is 6.07 Å². The second-order valence-corrected chi connectivity index (χ2v) is 4.49. The van der Waals surface area contributed by atoms with Crippen molar-refractivity contribution in [3.63, 3.8) is 0 Å². The Bertz CT molecular complexity index is 584. The maximum Gasteiger partial charge on any atom is 0.393 e. The lowest BCUT2D eigenvalue weighted by Gasteiger charge is -2.01. The lowest BCUT2D eigenvalue weighted by molar-refractivity contribution is -0.126. The minimum atomic E-state index is -4.26. The van der Waals surface area contributed by atoms with Gasteiger partial charge in [-0.05, 0) is 13.0 Å². The standard InChI is InChI=1S/C9H7F3N2OS/c1-4-13-7(15)6-2-5(3-9(10,11)12)16-8(6)14-4/h2H,3H2,1H3,(H,13,14,15). The first-order valence-electron chi connectivity index (χ1n) is 4.41.